The molecule has 2 nitrogen and oxygen atoms in total. The number of ether oxygens (including phenoxy) is 1. The third kappa shape index (κ3) is 4.90. The fraction of sp³-hybridized carbons (Fsp3) is 0.625. The highest BCUT2D eigenvalue weighted by molar-refractivity contribution is 9.10. The van der Waals surface area contributed by atoms with Crippen molar-refractivity contribution in [3.63, 3.8) is 0 Å². The van der Waals surface area contributed by atoms with E-state index in [-0.39, 0.29) is 0 Å². The van der Waals surface area contributed by atoms with Crippen molar-refractivity contribution in [1.82, 2.24) is 4.90 Å². The molecule has 0 N–H and O–H groups in total. The number of morpholine rings is 1. The lowest BCUT2D eigenvalue weighted by molar-refractivity contribution is -0.0708. The predicted octanol–water partition coefficient (Wildman–Crippen LogP) is 3.74. The van der Waals surface area contributed by atoms with Gasteiger partial charge in [0.1, 0.15) is 0 Å². The Kier molecular flexibility index (Phi) is 5.43. The molecule has 106 valence electrons. The first-order chi connectivity index (χ1) is 9.02. The molecule has 2 rings (SSSR count). The second-order valence-electron chi connectivity index (χ2n) is 5.91. The van der Waals surface area contributed by atoms with E-state index in [9.17, 15) is 0 Å². The van der Waals surface area contributed by atoms with Gasteiger partial charge in [-0.1, -0.05) is 35.0 Å². The molecule has 1 aliphatic rings. The molecule has 0 aliphatic carbocycles. The zero-order chi connectivity index (χ0) is 13.8. The summed E-state index contributed by atoms with van der Waals surface area (Å²) in [6.45, 7) is 9.97. The SMILES string of the molecule is CC(Cc1ccc(Br)cc1)CN1CC(C)OC(C)C1. The highest BCUT2D eigenvalue weighted by atomic mass is 79.9. The van der Waals surface area contributed by atoms with Crippen molar-refractivity contribution in [2.45, 2.75) is 39.4 Å². The van der Waals surface area contributed by atoms with Crippen molar-refractivity contribution < 1.29 is 4.74 Å². The molecule has 0 saturated carbocycles. The van der Waals surface area contributed by atoms with Gasteiger partial charge in [0.2, 0.25) is 0 Å². The van der Waals surface area contributed by atoms with Crippen LogP contribution in [-0.4, -0.2) is 36.7 Å². The molecule has 0 aromatic heterocycles. The van der Waals surface area contributed by atoms with Gasteiger partial charge in [0.25, 0.3) is 0 Å². The van der Waals surface area contributed by atoms with Crippen molar-refractivity contribution in [2.75, 3.05) is 19.6 Å². The van der Waals surface area contributed by atoms with Crippen LogP contribution in [0.15, 0.2) is 28.7 Å². The number of nitrogens with zero attached hydrogens (tertiary/aromatic N) is 1. The minimum Gasteiger partial charge on any atom is -0.373 e. The molecule has 0 amide bonds. The maximum atomic E-state index is 5.78. The van der Waals surface area contributed by atoms with Crippen LogP contribution in [0.1, 0.15) is 26.3 Å². The normalized spacial score (nSPS) is 26.3. The van der Waals surface area contributed by atoms with Gasteiger partial charge in [-0.05, 0) is 43.9 Å². The molecule has 1 saturated heterocycles. The molecule has 1 aromatic carbocycles. The van der Waals surface area contributed by atoms with Gasteiger partial charge in [-0.3, -0.25) is 4.90 Å². The minimum absolute atomic E-state index is 0.364. The van der Waals surface area contributed by atoms with Gasteiger partial charge < -0.3 is 4.74 Å². The molecule has 19 heavy (non-hydrogen) atoms. The lowest BCUT2D eigenvalue weighted by Gasteiger charge is -2.36. The zero-order valence-electron chi connectivity index (χ0n) is 12.1. The molecule has 0 bridgehead atoms. The molecule has 0 spiro atoms. The van der Waals surface area contributed by atoms with Gasteiger partial charge >= 0.3 is 0 Å². The summed E-state index contributed by atoms with van der Waals surface area (Å²) in [5.74, 6) is 0.679. The maximum Gasteiger partial charge on any atom is 0.0678 e. The maximum absolute atomic E-state index is 5.78. The van der Waals surface area contributed by atoms with Crippen molar-refractivity contribution in [1.29, 1.82) is 0 Å². The van der Waals surface area contributed by atoms with Gasteiger partial charge in [-0.2, -0.15) is 0 Å². The van der Waals surface area contributed by atoms with Gasteiger partial charge in [-0.15, -0.1) is 0 Å². The highest BCUT2D eigenvalue weighted by Gasteiger charge is 2.23. The van der Waals surface area contributed by atoms with E-state index in [0.717, 1.165) is 30.5 Å². The van der Waals surface area contributed by atoms with Crippen molar-refractivity contribution >= 4 is 15.9 Å². The number of hydrogen-bond donors (Lipinski definition) is 0. The van der Waals surface area contributed by atoms with Gasteiger partial charge in [0.15, 0.2) is 0 Å². The minimum atomic E-state index is 0.364. The summed E-state index contributed by atoms with van der Waals surface area (Å²) >= 11 is 3.48. The molecule has 3 heteroatoms. The van der Waals surface area contributed by atoms with Gasteiger partial charge in [0.05, 0.1) is 12.2 Å². The fourth-order valence-electron chi connectivity index (χ4n) is 2.96. The van der Waals surface area contributed by atoms with E-state index < -0.39 is 0 Å². The fourth-order valence-corrected chi connectivity index (χ4v) is 3.23. The lowest BCUT2D eigenvalue weighted by Crippen LogP contribution is -2.47. The molecule has 3 unspecified atom stereocenters. The average Bonchev–Trinajstić information content (AvgIpc) is 2.30. The topological polar surface area (TPSA) is 12.5 Å². The van der Waals surface area contributed by atoms with Gasteiger partial charge in [0, 0.05) is 24.1 Å². The Balaban J connectivity index is 1.83. The quantitative estimate of drug-likeness (QED) is 0.836. The zero-order valence-corrected chi connectivity index (χ0v) is 13.7. The van der Waals surface area contributed by atoms with Crippen LogP contribution in [0.2, 0.25) is 0 Å². The Morgan fingerprint density at radius 2 is 1.79 bits per heavy atom. The monoisotopic (exact) mass is 325 g/mol. The molecule has 1 heterocycles. The van der Waals surface area contributed by atoms with Crippen LogP contribution >= 0.6 is 15.9 Å². The Morgan fingerprint density at radius 3 is 2.37 bits per heavy atom. The predicted molar refractivity (Wildman–Crippen MR) is 83.5 cm³/mol. The van der Waals surface area contributed by atoms with Crippen LogP contribution in [0.4, 0.5) is 0 Å². The van der Waals surface area contributed by atoms with E-state index >= 15 is 0 Å². The molecular weight excluding hydrogens is 302 g/mol. The lowest BCUT2D eigenvalue weighted by atomic mass is 10.00. The largest absolute Gasteiger partial charge is 0.373 e. The average molecular weight is 326 g/mol. The molecular formula is C16H24BrNO. The van der Waals surface area contributed by atoms with E-state index in [4.69, 9.17) is 4.74 Å². The van der Waals surface area contributed by atoms with E-state index in [1.807, 2.05) is 0 Å². The highest BCUT2D eigenvalue weighted by Crippen LogP contribution is 2.17. The number of rotatable bonds is 4. The smallest absolute Gasteiger partial charge is 0.0678 e. The number of halogens is 1. The van der Waals surface area contributed by atoms with E-state index in [2.05, 4.69) is 65.9 Å². The van der Waals surface area contributed by atoms with Gasteiger partial charge in [-0.25, -0.2) is 0 Å². The van der Waals surface area contributed by atoms with Crippen LogP contribution in [0.25, 0.3) is 0 Å². The first-order valence-corrected chi connectivity index (χ1v) is 7.94. The molecule has 3 atom stereocenters. The number of hydrogen-bond acceptors (Lipinski definition) is 2. The summed E-state index contributed by atoms with van der Waals surface area (Å²) in [6, 6.07) is 8.68. The van der Waals surface area contributed by atoms with Crippen LogP contribution in [0.5, 0.6) is 0 Å². The summed E-state index contributed by atoms with van der Waals surface area (Å²) in [4.78, 5) is 2.54. The Morgan fingerprint density at radius 1 is 1.21 bits per heavy atom. The van der Waals surface area contributed by atoms with Crippen LogP contribution < -0.4 is 0 Å². The molecule has 1 aromatic rings. The Hall–Kier alpha value is -0.380. The first-order valence-electron chi connectivity index (χ1n) is 7.15. The van der Waals surface area contributed by atoms with Crippen molar-refractivity contribution in [3.05, 3.63) is 34.3 Å². The van der Waals surface area contributed by atoms with Crippen LogP contribution in [0.3, 0.4) is 0 Å². The van der Waals surface area contributed by atoms with E-state index in [1.165, 1.54) is 5.56 Å². The molecule has 0 radical (unpaired) electrons. The third-order valence-corrected chi connectivity index (χ3v) is 4.09. The van der Waals surface area contributed by atoms with Crippen molar-refractivity contribution in [2.24, 2.45) is 5.92 Å². The second-order valence-corrected chi connectivity index (χ2v) is 6.83. The second kappa shape index (κ2) is 6.87. The summed E-state index contributed by atoms with van der Waals surface area (Å²) in [5.41, 5.74) is 1.42. The van der Waals surface area contributed by atoms with E-state index in [1.54, 1.807) is 0 Å². The van der Waals surface area contributed by atoms with E-state index in [0.29, 0.717) is 18.1 Å². The van der Waals surface area contributed by atoms with Crippen molar-refractivity contribution in [3.8, 4) is 0 Å². The summed E-state index contributed by atoms with van der Waals surface area (Å²) < 4.78 is 6.94. The summed E-state index contributed by atoms with van der Waals surface area (Å²) in [6.07, 6.45) is 1.88. The standard InChI is InChI=1S/C16H24BrNO/c1-12(8-15-4-6-16(17)7-5-15)9-18-10-13(2)19-14(3)11-18/h4-7,12-14H,8-11H2,1-3H3. The Bertz CT molecular complexity index is 382. The van der Waals surface area contributed by atoms with Crippen LogP contribution in [0, 0.1) is 5.92 Å². The summed E-state index contributed by atoms with van der Waals surface area (Å²) in [7, 11) is 0. The Labute approximate surface area is 125 Å². The molecule has 1 aliphatic heterocycles. The number of benzene rings is 1. The molecule has 1 fully saturated rings. The summed E-state index contributed by atoms with van der Waals surface area (Å²) in [5, 5.41) is 0. The van der Waals surface area contributed by atoms with Crippen LogP contribution in [-0.2, 0) is 11.2 Å². The first kappa shape index (κ1) is 15.0. The third-order valence-electron chi connectivity index (χ3n) is 3.56.